The van der Waals surface area contributed by atoms with Gasteiger partial charge in [-0.1, -0.05) is 37.3 Å². The van der Waals surface area contributed by atoms with E-state index in [1.165, 1.54) is 5.56 Å². The van der Waals surface area contributed by atoms with Gasteiger partial charge in [0.25, 0.3) is 5.69 Å². The van der Waals surface area contributed by atoms with E-state index in [0.29, 0.717) is 0 Å². The number of fused-ring (bicyclic) bond motifs is 3. The first-order valence-electron chi connectivity index (χ1n) is 11.0. The molecule has 0 amide bonds. The SMILES string of the molecule is CCC(CCC1OC(C)Cc2c1[nH]c1ccc([N+](=O)[O-])cc21)(c1ccccc1)N(C)C. The van der Waals surface area contributed by atoms with Gasteiger partial charge in [0.1, 0.15) is 0 Å². The summed E-state index contributed by atoms with van der Waals surface area (Å²) in [5, 5.41) is 12.2. The molecule has 0 spiro atoms. The van der Waals surface area contributed by atoms with Gasteiger partial charge in [-0.05, 0) is 57.5 Å². The Hall–Kier alpha value is -2.70. The maximum Gasteiger partial charge on any atom is 0.270 e. The van der Waals surface area contributed by atoms with Crippen molar-refractivity contribution in [1.29, 1.82) is 0 Å². The Morgan fingerprint density at radius 2 is 1.97 bits per heavy atom. The Morgan fingerprint density at radius 3 is 2.61 bits per heavy atom. The summed E-state index contributed by atoms with van der Waals surface area (Å²) in [7, 11) is 4.29. The lowest BCUT2D eigenvalue weighted by molar-refractivity contribution is -0.384. The number of nitro benzene ring substituents is 1. The molecule has 0 aliphatic carbocycles. The molecule has 31 heavy (non-hydrogen) atoms. The highest BCUT2D eigenvalue weighted by atomic mass is 16.6. The molecule has 4 rings (SSSR count). The van der Waals surface area contributed by atoms with Crippen LogP contribution in [0.25, 0.3) is 10.9 Å². The van der Waals surface area contributed by atoms with Gasteiger partial charge in [-0.15, -0.1) is 0 Å². The Balaban J connectivity index is 1.68. The number of benzene rings is 2. The molecular formula is C25H31N3O3. The number of H-pyrrole nitrogens is 1. The van der Waals surface area contributed by atoms with Gasteiger partial charge in [0, 0.05) is 40.7 Å². The molecule has 1 aliphatic heterocycles. The highest BCUT2D eigenvalue weighted by Crippen LogP contribution is 2.42. The summed E-state index contributed by atoms with van der Waals surface area (Å²) in [4.78, 5) is 16.8. The maximum atomic E-state index is 11.3. The number of aromatic nitrogens is 1. The van der Waals surface area contributed by atoms with E-state index in [9.17, 15) is 10.1 Å². The van der Waals surface area contributed by atoms with Crippen LogP contribution < -0.4 is 0 Å². The molecule has 0 bridgehead atoms. The average molecular weight is 422 g/mol. The highest BCUT2D eigenvalue weighted by molar-refractivity contribution is 5.87. The van der Waals surface area contributed by atoms with E-state index in [1.54, 1.807) is 12.1 Å². The van der Waals surface area contributed by atoms with E-state index < -0.39 is 0 Å². The summed E-state index contributed by atoms with van der Waals surface area (Å²) < 4.78 is 6.39. The van der Waals surface area contributed by atoms with Crippen LogP contribution in [0.5, 0.6) is 0 Å². The first-order valence-corrected chi connectivity index (χ1v) is 11.0. The number of aromatic amines is 1. The quantitative estimate of drug-likeness (QED) is 0.391. The molecule has 0 saturated heterocycles. The van der Waals surface area contributed by atoms with Crippen molar-refractivity contribution in [3.8, 4) is 0 Å². The van der Waals surface area contributed by atoms with Crippen molar-refractivity contribution in [2.75, 3.05) is 14.1 Å². The fraction of sp³-hybridized carbons (Fsp3) is 0.440. The molecule has 164 valence electrons. The zero-order valence-corrected chi connectivity index (χ0v) is 18.7. The van der Waals surface area contributed by atoms with Crippen LogP contribution in [-0.2, 0) is 16.7 Å². The second-order valence-electron chi connectivity index (χ2n) is 8.83. The minimum absolute atomic E-state index is 0.0557. The van der Waals surface area contributed by atoms with Crippen LogP contribution in [0.4, 0.5) is 5.69 Å². The van der Waals surface area contributed by atoms with E-state index in [1.807, 2.05) is 6.07 Å². The summed E-state index contributed by atoms with van der Waals surface area (Å²) in [6, 6.07) is 15.8. The van der Waals surface area contributed by atoms with Gasteiger partial charge < -0.3 is 9.72 Å². The molecular weight excluding hydrogens is 390 g/mol. The standard InChI is InChI=1S/C25H31N3O3/c1-5-25(27(3)4,18-9-7-6-8-10-18)14-13-23-24-21(15-17(2)31-23)20-16-19(28(29)30)11-12-22(20)26-24/h6-12,16-17,23,26H,5,13-15H2,1-4H3. The number of non-ortho nitro benzene ring substituents is 1. The fourth-order valence-electron chi connectivity index (χ4n) is 5.20. The fourth-order valence-corrected chi connectivity index (χ4v) is 5.20. The van der Waals surface area contributed by atoms with Crippen molar-refractivity contribution >= 4 is 16.6 Å². The molecule has 0 radical (unpaired) electrons. The van der Waals surface area contributed by atoms with E-state index in [0.717, 1.165) is 47.8 Å². The molecule has 3 atom stereocenters. The number of nitrogens with zero attached hydrogens (tertiary/aromatic N) is 2. The first-order chi connectivity index (χ1) is 14.9. The Morgan fingerprint density at radius 1 is 1.23 bits per heavy atom. The predicted molar refractivity (Wildman–Crippen MR) is 123 cm³/mol. The van der Waals surface area contributed by atoms with Gasteiger partial charge in [-0.25, -0.2) is 0 Å². The van der Waals surface area contributed by atoms with Crippen LogP contribution in [-0.4, -0.2) is 35.0 Å². The molecule has 2 heterocycles. The summed E-state index contributed by atoms with van der Waals surface area (Å²) >= 11 is 0. The Bertz CT molecular complexity index is 1080. The third-order valence-corrected chi connectivity index (χ3v) is 6.92. The lowest BCUT2D eigenvalue weighted by Gasteiger charge is -2.41. The summed E-state index contributed by atoms with van der Waals surface area (Å²) in [6.07, 6.45) is 3.60. The summed E-state index contributed by atoms with van der Waals surface area (Å²) in [5.41, 5.74) is 4.55. The lowest BCUT2D eigenvalue weighted by Crippen LogP contribution is -2.41. The zero-order chi connectivity index (χ0) is 22.2. The molecule has 0 fully saturated rings. The lowest BCUT2D eigenvalue weighted by atomic mass is 9.80. The first kappa shape index (κ1) is 21.5. The third kappa shape index (κ3) is 3.86. The highest BCUT2D eigenvalue weighted by Gasteiger charge is 2.36. The molecule has 1 aliphatic rings. The second kappa shape index (κ2) is 8.44. The second-order valence-corrected chi connectivity index (χ2v) is 8.83. The molecule has 6 heteroatoms. The predicted octanol–water partition coefficient (Wildman–Crippen LogP) is 5.73. The van der Waals surface area contributed by atoms with E-state index in [-0.39, 0.29) is 28.4 Å². The van der Waals surface area contributed by atoms with E-state index in [2.05, 4.69) is 68.2 Å². The van der Waals surface area contributed by atoms with Crippen LogP contribution in [0, 0.1) is 10.1 Å². The molecule has 3 aromatic rings. The number of hydrogen-bond donors (Lipinski definition) is 1. The van der Waals surface area contributed by atoms with Crippen LogP contribution in [0.3, 0.4) is 0 Å². The normalized spacial score (nSPS) is 20.5. The number of nitro groups is 1. The average Bonchev–Trinajstić information content (AvgIpc) is 3.12. The van der Waals surface area contributed by atoms with Crippen LogP contribution in [0.15, 0.2) is 48.5 Å². The monoisotopic (exact) mass is 421 g/mol. The molecule has 2 aromatic carbocycles. The minimum Gasteiger partial charge on any atom is -0.369 e. The van der Waals surface area contributed by atoms with Crippen molar-refractivity contribution < 1.29 is 9.66 Å². The van der Waals surface area contributed by atoms with Crippen molar-refractivity contribution in [2.24, 2.45) is 0 Å². The third-order valence-electron chi connectivity index (χ3n) is 6.92. The van der Waals surface area contributed by atoms with Crippen LogP contribution in [0.1, 0.15) is 56.0 Å². The van der Waals surface area contributed by atoms with Crippen LogP contribution >= 0.6 is 0 Å². The number of nitrogens with one attached hydrogen (secondary N) is 1. The minimum atomic E-state index is -0.328. The topological polar surface area (TPSA) is 71.4 Å². The molecule has 1 aromatic heterocycles. The molecule has 3 unspecified atom stereocenters. The van der Waals surface area contributed by atoms with Crippen molar-refractivity contribution in [3.63, 3.8) is 0 Å². The molecule has 0 saturated carbocycles. The van der Waals surface area contributed by atoms with Gasteiger partial charge in [-0.2, -0.15) is 0 Å². The number of hydrogen-bond acceptors (Lipinski definition) is 4. The molecule has 1 N–H and O–H groups in total. The molecule has 6 nitrogen and oxygen atoms in total. The largest absolute Gasteiger partial charge is 0.369 e. The Labute approximate surface area is 183 Å². The Kier molecular flexibility index (Phi) is 5.86. The number of rotatable bonds is 7. The smallest absolute Gasteiger partial charge is 0.270 e. The number of ether oxygens (including phenoxy) is 1. The van der Waals surface area contributed by atoms with Gasteiger partial charge >= 0.3 is 0 Å². The van der Waals surface area contributed by atoms with Crippen LogP contribution in [0.2, 0.25) is 0 Å². The van der Waals surface area contributed by atoms with Gasteiger partial charge in [-0.3, -0.25) is 15.0 Å². The van der Waals surface area contributed by atoms with Gasteiger partial charge in [0.2, 0.25) is 0 Å². The van der Waals surface area contributed by atoms with Gasteiger partial charge in [0.05, 0.1) is 17.1 Å². The zero-order valence-electron chi connectivity index (χ0n) is 18.7. The van der Waals surface area contributed by atoms with Crippen molar-refractivity contribution in [3.05, 3.63) is 75.5 Å². The van der Waals surface area contributed by atoms with Crippen molar-refractivity contribution in [1.82, 2.24) is 9.88 Å². The summed E-state index contributed by atoms with van der Waals surface area (Å²) in [5.74, 6) is 0. The van der Waals surface area contributed by atoms with E-state index >= 15 is 0 Å². The van der Waals surface area contributed by atoms with Crippen molar-refractivity contribution in [2.45, 2.75) is 57.3 Å². The van der Waals surface area contributed by atoms with E-state index in [4.69, 9.17) is 4.74 Å². The van der Waals surface area contributed by atoms with Gasteiger partial charge in [0.15, 0.2) is 0 Å². The summed E-state index contributed by atoms with van der Waals surface area (Å²) in [6.45, 7) is 4.33. The maximum absolute atomic E-state index is 11.3.